The van der Waals surface area contributed by atoms with Crippen LogP contribution in [0.1, 0.15) is 26.7 Å². The van der Waals surface area contributed by atoms with Gasteiger partial charge in [-0.05, 0) is 32.8 Å². The van der Waals surface area contributed by atoms with Crippen LogP contribution in [0.25, 0.3) is 0 Å². The SMILES string of the molecule is C/C(C(=O)O[C@H]1C2C=CO[C@@H](O[C@@H]3O[C@H](CO)[C@@H](O)[C@H](O)[C@H]3O)[C@@H]2[C@@]2(C)O[C@@H]12)=C1\CCC2C(=O)OCC12. The Labute approximate surface area is 212 Å². The van der Waals surface area contributed by atoms with Crippen LogP contribution in [0.3, 0.4) is 0 Å². The van der Waals surface area contributed by atoms with Crippen molar-refractivity contribution < 1.29 is 58.4 Å². The minimum atomic E-state index is -1.59. The largest absolute Gasteiger partial charge is 0.472 e. The number of esters is 2. The van der Waals surface area contributed by atoms with E-state index in [0.29, 0.717) is 25.0 Å². The Hall–Kier alpha value is -2.06. The summed E-state index contributed by atoms with van der Waals surface area (Å²) >= 11 is 0. The maximum Gasteiger partial charge on any atom is 0.334 e. The first kappa shape index (κ1) is 25.2. The first-order valence-electron chi connectivity index (χ1n) is 12.7. The van der Waals surface area contributed by atoms with E-state index in [9.17, 15) is 30.0 Å². The maximum absolute atomic E-state index is 13.2. The van der Waals surface area contributed by atoms with Gasteiger partial charge in [0.05, 0.1) is 31.3 Å². The van der Waals surface area contributed by atoms with E-state index >= 15 is 0 Å². The van der Waals surface area contributed by atoms with Crippen molar-refractivity contribution in [3.63, 3.8) is 0 Å². The Morgan fingerprint density at radius 1 is 1.16 bits per heavy atom. The number of aliphatic hydroxyl groups excluding tert-OH is 4. The van der Waals surface area contributed by atoms with Crippen LogP contribution in [0.5, 0.6) is 0 Å². The smallest absolute Gasteiger partial charge is 0.334 e. The molecule has 0 spiro atoms. The van der Waals surface area contributed by atoms with Crippen molar-refractivity contribution in [2.24, 2.45) is 23.7 Å². The molecule has 0 bridgehead atoms. The normalized spacial score (nSPS) is 51.0. The van der Waals surface area contributed by atoms with Gasteiger partial charge in [0.2, 0.25) is 6.29 Å². The van der Waals surface area contributed by atoms with Gasteiger partial charge in [0, 0.05) is 17.4 Å². The molecule has 2 saturated carbocycles. The van der Waals surface area contributed by atoms with E-state index in [2.05, 4.69) is 0 Å². The van der Waals surface area contributed by atoms with Crippen LogP contribution >= 0.6 is 0 Å². The highest BCUT2D eigenvalue weighted by Gasteiger charge is 2.75. The molecule has 37 heavy (non-hydrogen) atoms. The van der Waals surface area contributed by atoms with Gasteiger partial charge < -0.3 is 48.8 Å². The molecule has 6 rings (SSSR count). The van der Waals surface area contributed by atoms with Crippen LogP contribution in [0.4, 0.5) is 0 Å². The molecule has 12 heteroatoms. The first-order valence-corrected chi connectivity index (χ1v) is 12.7. The van der Waals surface area contributed by atoms with Gasteiger partial charge in [-0.15, -0.1) is 0 Å². The Morgan fingerprint density at radius 2 is 1.95 bits per heavy atom. The second kappa shape index (κ2) is 9.01. The molecular weight excluding hydrogens is 492 g/mol. The Kier molecular flexibility index (Phi) is 6.14. The molecule has 6 aliphatic rings. The highest BCUT2D eigenvalue weighted by Crippen LogP contribution is 2.60. The van der Waals surface area contributed by atoms with Crippen molar-refractivity contribution in [2.75, 3.05) is 13.2 Å². The molecule has 2 aliphatic carbocycles. The molecule has 3 unspecified atom stereocenters. The fraction of sp³-hybridized carbons (Fsp3) is 0.760. The number of hydrogen-bond acceptors (Lipinski definition) is 12. The summed E-state index contributed by atoms with van der Waals surface area (Å²) in [7, 11) is 0. The number of rotatable bonds is 5. The molecule has 5 fully saturated rings. The van der Waals surface area contributed by atoms with Crippen LogP contribution in [-0.2, 0) is 38.0 Å². The summed E-state index contributed by atoms with van der Waals surface area (Å²) in [4.78, 5) is 25.1. The van der Waals surface area contributed by atoms with Gasteiger partial charge in [-0.1, -0.05) is 5.57 Å². The molecule has 0 amide bonds. The van der Waals surface area contributed by atoms with Crippen LogP contribution in [0, 0.1) is 23.7 Å². The number of ether oxygens (including phenoxy) is 6. The molecule has 0 radical (unpaired) electrons. The molecule has 0 aromatic heterocycles. The average Bonchev–Trinajstić information content (AvgIpc) is 3.15. The fourth-order valence-corrected chi connectivity index (χ4v) is 6.76. The topological polar surface area (TPSA) is 174 Å². The summed E-state index contributed by atoms with van der Waals surface area (Å²) < 4.78 is 34.2. The zero-order valence-electron chi connectivity index (χ0n) is 20.5. The standard InChI is InChI=1S/C25H32O12/c1-9(10-3-4-11-13(10)8-33-22(11)31)21(30)35-19-12-5-6-32-23(15(12)25(2)20(19)37-25)36-24-18(29)17(28)16(27)14(7-26)34-24/h5-6,11-20,23-24,26-29H,3-4,7-8H2,1-2H3/b10-9-/t11?,12?,13?,14-,15-,16-,17+,18-,19+,20+,23+,24+,25-/m1/s1. The molecular formula is C25H32O12. The van der Waals surface area contributed by atoms with Gasteiger partial charge in [0.25, 0.3) is 0 Å². The predicted molar refractivity (Wildman–Crippen MR) is 119 cm³/mol. The van der Waals surface area contributed by atoms with Crippen LogP contribution < -0.4 is 0 Å². The Morgan fingerprint density at radius 3 is 2.70 bits per heavy atom. The lowest BCUT2D eigenvalue weighted by atomic mass is 9.86. The van der Waals surface area contributed by atoms with E-state index in [1.807, 2.05) is 6.92 Å². The Bertz CT molecular complexity index is 1020. The molecule has 0 aromatic carbocycles. The van der Waals surface area contributed by atoms with Crippen molar-refractivity contribution in [3.05, 3.63) is 23.5 Å². The summed E-state index contributed by atoms with van der Waals surface area (Å²) in [5.74, 6) is -1.70. The number of carbonyl (C=O) groups is 2. The van der Waals surface area contributed by atoms with Crippen LogP contribution in [-0.4, -0.2) is 100 Å². The number of carbonyl (C=O) groups excluding carboxylic acids is 2. The number of cyclic esters (lactones) is 1. The van der Waals surface area contributed by atoms with Crippen LogP contribution in [0.15, 0.2) is 23.5 Å². The first-order chi connectivity index (χ1) is 17.7. The third kappa shape index (κ3) is 3.84. The molecule has 3 saturated heterocycles. The van der Waals surface area contributed by atoms with Gasteiger partial charge in [-0.3, -0.25) is 4.79 Å². The van der Waals surface area contributed by atoms with E-state index < -0.39 is 73.3 Å². The van der Waals surface area contributed by atoms with Gasteiger partial charge in [0.1, 0.15) is 42.2 Å². The molecule has 4 N–H and O–H groups in total. The van der Waals surface area contributed by atoms with E-state index in [0.717, 1.165) is 5.57 Å². The number of fused-ring (bicyclic) bond motifs is 4. The highest BCUT2D eigenvalue weighted by atomic mass is 16.8. The second-order valence-corrected chi connectivity index (χ2v) is 10.9. The molecule has 4 aliphatic heterocycles. The minimum absolute atomic E-state index is 0.0851. The van der Waals surface area contributed by atoms with Crippen molar-refractivity contribution in [3.8, 4) is 0 Å². The molecule has 0 aromatic rings. The molecule has 204 valence electrons. The number of epoxide rings is 1. The van der Waals surface area contributed by atoms with E-state index in [1.165, 1.54) is 6.26 Å². The van der Waals surface area contributed by atoms with Gasteiger partial charge >= 0.3 is 11.9 Å². The molecule has 12 nitrogen and oxygen atoms in total. The van der Waals surface area contributed by atoms with Gasteiger partial charge in [0.15, 0.2) is 6.29 Å². The van der Waals surface area contributed by atoms with Crippen molar-refractivity contribution in [1.29, 1.82) is 0 Å². The van der Waals surface area contributed by atoms with Gasteiger partial charge in [-0.25, -0.2) is 4.79 Å². The quantitative estimate of drug-likeness (QED) is 0.194. The lowest BCUT2D eigenvalue weighted by molar-refractivity contribution is -0.344. The number of aliphatic hydroxyl groups is 4. The fourth-order valence-electron chi connectivity index (χ4n) is 6.76. The second-order valence-electron chi connectivity index (χ2n) is 10.9. The van der Waals surface area contributed by atoms with E-state index in [1.54, 1.807) is 13.0 Å². The predicted octanol–water partition coefficient (Wildman–Crippen LogP) is -1.11. The average molecular weight is 525 g/mol. The summed E-state index contributed by atoms with van der Waals surface area (Å²) in [6.45, 7) is 3.29. The lowest BCUT2D eigenvalue weighted by Crippen LogP contribution is -2.60. The monoisotopic (exact) mass is 524 g/mol. The molecule has 4 heterocycles. The number of hydrogen-bond donors (Lipinski definition) is 4. The van der Waals surface area contributed by atoms with Crippen molar-refractivity contribution in [1.82, 2.24) is 0 Å². The zero-order chi connectivity index (χ0) is 26.2. The Balaban J connectivity index is 1.17. The van der Waals surface area contributed by atoms with Crippen molar-refractivity contribution in [2.45, 2.75) is 81.5 Å². The van der Waals surface area contributed by atoms with Crippen LogP contribution in [0.2, 0.25) is 0 Å². The maximum atomic E-state index is 13.2. The lowest BCUT2D eigenvalue weighted by Gasteiger charge is -2.43. The summed E-state index contributed by atoms with van der Waals surface area (Å²) in [5.41, 5.74) is 0.660. The third-order valence-electron chi connectivity index (χ3n) is 8.96. The van der Waals surface area contributed by atoms with E-state index in [4.69, 9.17) is 28.4 Å². The highest BCUT2D eigenvalue weighted by molar-refractivity contribution is 5.90. The summed E-state index contributed by atoms with van der Waals surface area (Å²) in [6.07, 6.45) is -4.64. The van der Waals surface area contributed by atoms with Crippen molar-refractivity contribution >= 4 is 11.9 Å². The summed E-state index contributed by atoms with van der Waals surface area (Å²) in [5, 5.41) is 40.0. The summed E-state index contributed by atoms with van der Waals surface area (Å²) in [6, 6.07) is 0. The van der Waals surface area contributed by atoms with E-state index in [-0.39, 0.29) is 23.7 Å². The zero-order valence-corrected chi connectivity index (χ0v) is 20.5. The third-order valence-corrected chi connectivity index (χ3v) is 8.96. The molecule has 13 atom stereocenters. The van der Waals surface area contributed by atoms with Gasteiger partial charge in [-0.2, -0.15) is 0 Å². The minimum Gasteiger partial charge on any atom is -0.472 e.